The maximum absolute atomic E-state index is 14.7. The summed E-state index contributed by atoms with van der Waals surface area (Å²) in [5.74, 6) is -0.246. The predicted octanol–water partition coefficient (Wildman–Crippen LogP) is 4.96. The molecule has 1 aliphatic heterocycles. The van der Waals surface area contributed by atoms with Crippen LogP contribution in [-0.2, 0) is 9.53 Å². The van der Waals surface area contributed by atoms with Crippen LogP contribution in [0.4, 0.5) is 4.39 Å². The summed E-state index contributed by atoms with van der Waals surface area (Å²) in [6.07, 6.45) is 0.229. The number of ether oxygens (including phenoxy) is 3. The first-order chi connectivity index (χ1) is 18.9. The molecule has 0 unspecified atom stereocenters. The Labute approximate surface area is 231 Å². The van der Waals surface area contributed by atoms with E-state index in [1.165, 1.54) is 30.2 Å². The van der Waals surface area contributed by atoms with Crippen LogP contribution in [0.3, 0.4) is 0 Å². The zero-order chi connectivity index (χ0) is 27.9. The van der Waals surface area contributed by atoms with Crippen molar-refractivity contribution in [3.05, 3.63) is 94.3 Å². The summed E-state index contributed by atoms with van der Waals surface area (Å²) in [4.78, 5) is 28.6. The molecule has 0 N–H and O–H groups in total. The highest BCUT2D eigenvalue weighted by molar-refractivity contribution is 6.33. The molecule has 0 fully saturated rings. The molecule has 39 heavy (non-hydrogen) atoms. The fourth-order valence-electron chi connectivity index (χ4n) is 4.43. The van der Waals surface area contributed by atoms with Gasteiger partial charge in [0.15, 0.2) is 0 Å². The van der Waals surface area contributed by atoms with Gasteiger partial charge >= 0.3 is 0 Å². The largest absolute Gasteiger partial charge is 0.497 e. The zero-order valence-electron chi connectivity index (χ0n) is 21.9. The normalized spacial score (nSPS) is 14.6. The quantitative estimate of drug-likeness (QED) is 0.354. The van der Waals surface area contributed by atoms with E-state index in [1.807, 2.05) is 0 Å². The fourth-order valence-corrected chi connectivity index (χ4v) is 4.65. The number of hydrogen-bond acceptors (Lipinski definition) is 6. The molecule has 3 aromatic carbocycles. The molecular weight excluding hydrogens is 525 g/mol. The van der Waals surface area contributed by atoms with Gasteiger partial charge < -0.3 is 19.1 Å². The molecule has 4 rings (SSSR count). The Bertz CT molecular complexity index is 1380. The van der Waals surface area contributed by atoms with Gasteiger partial charge in [-0.2, -0.15) is 5.10 Å². The van der Waals surface area contributed by atoms with E-state index in [0.717, 1.165) is 0 Å². The van der Waals surface area contributed by atoms with Crippen molar-refractivity contribution in [1.82, 2.24) is 9.91 Å². The van der Waals surface area contributed by atoms with Crippen LogP contribution in [0.25, 0.3) is 0 Å². The highest BCUT2D eigenvalue weighted by Gasteiger charge is 2.37. The number of carbonyl (C=O) groups is 2. The van der Waals surface area contributed by atoms with Crippen LogP contribution in [0, 0.1) is 5.82 Å². The molecule has 1 heterocycles. The first kappa shape index (κ1) is 28.1. The van der Waals surface area contributed by atoms with Crippen LogP contribution in [0.1, 0.15) is 33.9 Å². The van der Waals surface area contributed by atoms with E-state index >= 15 is 0 Å². The van der Waals surface area contributed by atoms with Crippen molar-refractivity contribution in [2.75, 3.05) is 41.0 Å². The van der Waals surface area contributed by atoms with E-state index in [0.29, 0.717) is 28.3 Å². The molecule has 204 valence electrons. The Morgan fingerprint density at radius 2 is 1.79 bits per heavy atom. The van der Waals surface area contributed by atoms with Gasteiger partial charge in [-0.05, 0) is 36.4 Å². The molecule has 0 aliphatic carbocycles. The minimum Gasteiger partial charge on any atom is -0.497 e. The van der Waals surface area contributed by atoms with Crippen molar-refractivity contribution in [1.29, 1.82) is 0 Å². The van der Waals surface area contributed by atoms with Crippen LogP contribution in [0.2, 0.25) is 5.02 Å². The summed E-state index contributed by atoms with van der Waals surface area (Å²) in [6, 6.07) is 17.5. The van der Waals surface area contributed by atoms with Crippen LogP contribution < -0.4 is 9.47 Å². The number of halogens is 2. The smallest absolute Gasteiger partial charge is 0.262 e. The number of hydrazone groups is 1. The first-order valence-corrected chi connectivity index (χ1v) is 12.6. The lowest BCUT2D eigenvalue weighted by atomic mass is 9.97. The standard InChI is InChI=1S/C29H29ClFN3O5/c1-37-15-14-33(29(36)20-8-4-6-10-23(20)30)18-28(35)34-26(22-16-19(38-2)12-13-27(22)39-3)17-25(32-34)21-9-5-7-11-24(21)31/h4-13,16,26H,14-15,17-18H2,1-3H3/t26-/m0/s1. The van der Waals surface area contributed by atoms with E-state index < -0.39 is 23.7 Å². The van der Waals surface area contributed by atoms with Gasteiger partial charge in [0.25, 0.3) is 11.8 Å². The number of amides is 2. The molecule has 2 amide bonds. The number of nitrogens with zero attached hydrogens (tertiary/aromatic N) is 3. The van der Waals surface area contributed by atoms with Crippen LogP contribution in [0.5, 0.6) is 11.5 Å². The van der Waals surface area contributed by atoms with Crippen molar-refractivity contribution in [2.24, 2.45) is 5.10 Å². The molecule has 0 saturated carbocycles. The summed E-state index contributed by atoms with van der Waals surface area (Å²) in [5, 5.41) is 6.13. The summed E-state index contributed by atoms with van der Waals surface area (Å²) in [7, 11) is 4.58. The zero-order valence-corrected chi connectivity index (χ0v) is 22.7. The van der Waals surface area contributed by atoms with Crippen molar-refractivity contribution in [3.8, 4) is 11.5 Å². The lowest BCUT2D eigenvalue weighted by Crippen LogP contribution is -2.43. The van der Waals surface area contributed by atoms with E-state index in [1.54, 1.807) is 67.8 Å². The van der Waals surface area contributed by atoms with E-state index in [-0.39, 0.29) is 36.7 Å². The number of methoxy groups -OCH3 is 3. The molecule has 0 radical (unpaired) electrons. The van der Waals surface area contributed by atoms with Crippen molar-refractivity contribution in [2.45, 2.75) is 12.5 Å². The minimum atomic E-state index is -0.628. The first-order valence-electron chi connectivity index (χ1n) is 12.3. The van der Waals surface area contributed by atoms with Gasteiger partial charge in [-0.1, -0.05) is 41.9 Å². The Morgan fingerprint density at radius 1 is 1.05 bits per heavy atom. The second kappa shape index (κ2) is 12.7. The molecular formula is C29H29ClFN3O5. The van der Waals surface area contributed by atoms with Gasteiger partial charge in [-0.15, -0.1) is 0 Å². The van der Waals surface area contributed by atoms with Crippen molar-refractivity contribution in [3.63, 3.8) is 0 Å². The molecule has 0 saturated heterocycles. The second-order valence-corrected chi connectivity index (χ2v) is 9.20. The maximum Gasteiger partial charge on any atom is 0.262 e. The number of hydrogen-bond donors (Lipinski definition) is 0. The predicted molar refractivity (Wildman–Crippen MR) is 146 cm³/mol. The summed E-state index contributed by atoms with van der Waals surface area (Å²) >= 11 is 6.27. The van der Waals surface area contributed by atoms with Gasteiger partial charge in [0.2, 0.25) is 0 Å². The SMILES string of the molecule is COCCN(CC(=O)N1N=C(c2ccccc2F)C[C@H]1c1cc(OC)ccc1OC)C(=O)c1ccccc1Cl. The monoisotopic (exact) mass is 553 g/mol. The number of rotatable bonds is 10. The topological polar surface area (TPSA) is 80.7 Å². The van der Waals surface area contributed by atoms with Gasteiger partial charge in [0, 0.05) is 31.2 Å². The Morgan fingerprint density at radius 3 is 2.49 bits per heavy atom. The highest BCUT2D eigenvalue weighted by atomic mass is 35.5. The van der Waals surface area contributed by atoms with Gasteiger partial charge in [-0.3, -0.25) is 9.59 Å². The Balaban J connectivity index is 1.72. The van der Waals surface area contributed by atoms with E-state index in [9.17, 15) is 14.0 Å². The third kappa shape index (κ3) is 6.21. The molecule has 3 aromatic rings. The second-order valence-electron chi connectivity index (χ2n) is 8.79. The van der Waals surface area contributed by atoms with E-state index in [4.69, 9.17) is 25.8 Å². The molecule has 0 spiro atoms. The molecule has 0 bridgehead atoms. The lowest BCUT2D eigenvalue weighted by molar-refractivity contribution is -0.133. The average molecular weight is 554 g/mol. The summed E-state index contributed by atoms with van der Waals surface area (Å²) < 4.78 is 30.9. The van der Waals surface area contributed by atoms with Gasteiger partial charge in [-0.25, -0.2) is 9.40 Å². The molecule has 10 heteroatoms. The Kier molecular flexibility index (Phi) is 9.16. The molecule has 8 nitrogen and oxygen atoms in total. The number of benzene rings is 3. The fraction of sp³-hybridized carbons (Fsp3) is 0.276. The molecule has 1 aliphatic rings. The van der Waals surface area contributed by atoms with Crippen molar-refractivity contribution < 1.29 is 28.2 Å². The van der Waals surface area contributed by atoms with Gasteiger partial charge in [0.1, 0.15) is 23.9 Å². The molecule has 1 atom stereocenters. The maximum atomic E-state index is 14.7. The van der Waals surface area contributed by atoms with Crippen LogP contribution in [0.15, 0.2) is 71.8 Å². The van der Waals surface area contributed by atoms with E-state index in [2.05, 4.69) is 5.10 Å². The van der Waals surface area contributed by atoms with Crippen molar-refractivity contribution >= 4 is 29.1 Å². The van der Waals surface area contributed by atoms with Crippen LogP contribution in [-0.4, -0.2) is 68.5 Å². The summed E-state index contributed by atoms with van der Waals surface area (Å²) in [5.41, 5.74) is 1.60. The summed E-state index contributed by atoms with van der Waals surface area (Å²) in [6.45, 7) is 0.0573. The highest BCUT2D eigenvalue weighted by Crippen LogP contribution is 2.39. The third-order valence-electron chi connectivity index (χ3n) is 6.43. The third-order valence-corrected chi connectivity index (χ3v) is 6.76. The lowest BCUT2D eigenvalue weighted by Gasteiger charge is -2.28. The Hall–Kier alpha value is -3.95. The number of carbonyl (C=O) groups excluding carboxylic acids is 2. The average Bonchev–Trinajstić information content (AvgIpc) is 3.40. The van der Waals surface area contributed by atoms with Crippen LogP contribution >= 0.6 is 11.6 Å². The molecule has 0 aromatic heterocycles. The minimum absolute atomic E-state index is 0.150. The van der Waals surface area contributed by atoms with Gasteiger partial charge in [0.05, 0.1) is 43.2 Å².